The number of hydrogen-bond acceptors (Lipinski definition) is 4. The highest BCUT2D eigenvalue weighted by Gasteiger charge is 2.18. The first-order chi connectivity index (χ1) is 8.06. The van der Waals surface area contributed by atoms with Crippen molar-refractivity contribution in [1.29, 1.82) is 0 Å². The summed E-state index contributed by atoms with van der Waals surface area (Å²) < 4.78 is 24.7. The molecule has 2 N–H and O–H groups in total. The van der Waals surface area contributed by atoms with Gasteiger partial charge >= 0.3 is 5.97 Å². The highest BCUT2D eigenvalue weighted by molar-refractivity contribution is 5.94. The quantitative estimate of drug-likeness (QED) is 0.778. The summed E-state index contributed by atoms with van der Waals surface area (Å²) in [7, 11) is 0. The van der Waals surface area contributed by atoms with Crippen LogP contribution in [0.3, 0.4) is 0 Å². The predicted molar refractivity (Wildman–Crippen MR) is 56.5 cm³/mol. The lowest BCUT2D eigenvalue weighted by Crippen LogP contribution is -2.32. The van der Waals surface area contributed by atoms with E-state index in [1.165, 1.54) is 12.3 Å². The molecule has 0 aliphatic heterocycles. The van der Waals surface area contributed by atoms with Crippen LogP contribution in [-0.2, 0) is 0 Å². The molecule has 0 saturated carbocycles. The molecule has 0 spiro atoms. The molecule has 1 aromatic rings. The topological polar surface area (TPSA) is 73.7 Å². The number of carbonyl (C=O) groups is 1. The number of halogens is 2. The van der Waals surface area contributed by atoms with Gasteiger partial charge in [-0.1, -0.05) is 0 Å². The van der Waals surface area contributed by atoms with Gasteiger partial charge in [-0.05, 0) is 6.07 Å². The number of alkyl halides is 2. The van der Waals surface area contributed by atoms with Gasteiger partial charge in [0, 0.05) is 18.9 Å². The lowest BCUT2D eigenvalue weighted by molar-refractivity contribution is 0.0696. The first kappa shape index (κ1) is 13.3. The highest BCUT2D eigenvalue weighted by atomic mass is 19.3. The molecule has 5 nitrogen and oxygen atoms in total. The number of anilines is 1. The average Bonchev–Trinajstić information content (AvgIpc) is 2.28. The number of pyridine rings is 1. The molecule has 1 rings (SSSR count). The second-order valence-electron chi connectivity index (χ2n) is 3.26. The third-order valence-electron chi connectivity index (χ3n) is 2.10. The molecular formula is C10H12F2N2O3. The Labute approximate surface area is 96.3 Å². The Bertz CT molecular complexity index is 388. The van der Waals surface area contributed by atoms with E-state index < -0.39 is 18.9 Å². The molecule has 17 heavy (non-hydrogen) atoms. The summed E-state index contributed by atoms with van der Waals surface area (Å²) in [6, 6.07) is 1.33. The Kier molecular flexibility index (Phi) is 4.77. The minimum Gasteiger partial charge on any atom is -0.478 e. The molecular weight excluding hydrogens is 234 g/mol. The molecule has 0 amide bonds. The van der Waals surface area contributed by atoms with Crippen LogP contribution < -0.4 is 4.90 Å². The number of carboxylic acid groups (broad SMARTS) is 1. The van der Waals surface area contributed by atoms with Crippen LogP contribution in [0.25, 0.3) is 0 Å². The number of aromatic nitrogens is 1. The van der Waals surface area contributed by atoms with E-state index in [1.807, 2.05) is 0 Å². The van der Waals surface area contributed by atoms with E-state index in [0.717, 1.165) is 11.1 Å². The number of carboxylic acids is 1. The second-order valence-corrected chi connectivity index (χ2v) is 3.26. The first-order valence-electron chi connectivity index (χ1n) is 4.87. The number of aliphatic hydroxyl groups excluding tert-OH is 1. The number of nitrogens with zero attached hydrogens (tertiary/aromatic N) is 2. The third kappa shape index (κ3) is 3.63. The van der Waals surface area contributed by atoms with Crippen LogP contribution in [0.2, 0.25) is 0 Å². The van der Waals surface area contributed by atoms with Crippen molar-refractivity contribution in [3.05, 3.63) is 24.0 Å². The third-order valence-corrected chi connectivity index (χ3v) is 2.10. The van der Waals surface area contributed by atoms with Crippen LogP contribution in [0, 0.1) is 0 Å². The zero-order valence-electron chi connectivity index (χ0n) is 8.88. The molecule has 7 heteroatoms. The van der Waals surface area contributed by atoms with Gasteiger partial charge in [-0.15, -0.1) is 0 Å². The number of hydrogen-bond donors (Lipinski definition) is 2. The van der Waals surface area contributed by atoms with E-state index in [9.17, 15) is 13.6 Å². The highest BCUT2D eigenvalue weighted by Crippen LogP contribution is 2.20. The van der Waals surface area contributed by atoms with Gasteiger partial charge in [0.2, 0.25) is 0 Å². The zero-order valence-corrected chi connectivity index (χ0v) is 8.88. The largest absolute Gasteiger partial charge is 0.478 e. The fraction of sp³-hybridized carbons (Fsp3) is 0.400. The summed E-state index contributed by atoms with van der Waals surface area (Å²) in [4.78, 5) is 15.7. The van der Waals surface area contributed by atoms with E-state index in [1.54, 1.807) is 0 Å². The van der Waals surface area contributed by atoms with Gasteiger partial charge in [0.1, 0.15) is 5.56 Å². The van der Waals surface area contributed by atoms with E-state index in [0.29, 0.717) is 0 Å². The Hall–Kier alpha value is -1.76. The Balaban J connectivity index is 3.04. The molecule has 0 atom stereocenters. The van der Waals surface area contributed by atoms with Crippen LogP contribution in [-0.4, -0.2) is 47.3 Å². The molecule has 94 valence electrons. The maximum atomic E-state index is 12.3. The van der Waals surface area contributed by atoms with Gasteiger partial charge in [0.25, 0.3) is 6.43 Å². The summed E-state index contributed by atoms with van der Waals surface area (Å²) in [5.74, 6) is -1.25. The van der Waals surface area contributed by atoms with Crippen molar-refractivity contribution in [1.82, 2.24) is 4.98 Å². The van der Waals surface area contributed by atoms with E-state index in [-0.39, 0.29) is 24.4 Å². The minimum atomic E-state index is -2.61. The fourth-order valence-electron chi connectivity index (χ4n) is 1.43. The molecule has 0 aliphatic rings. The van der Waals surface area contributed by atoms with Crippen LogP contribution in [0.4, 0.5) is 14.5 Å². The van der Waals surface area contributed by atoms with Crippen LogP contribution in [0.5, 0.6) is 0 Å². The van der Waals surface area contributed by atoms with Gasteiger partial charge in [0.15, 0.2) is 0 Å². The normalized spacial score (nSPS) is 10.6. The van der Waals surface area contributed by atoms with Gasteiger partial charge in [-0.25, -0.2) is 13.6 Å². The second kappa shape index (κ2) is 6.09. The first-order valence-corrected chi connectivity index (χ1v) is 4.87. The van der Waals surface area contributed by atoms with E-state index in [2.05, 4.69) is 4.98 Å². The Morgan fingerprint density at radius 2 is 2.24 bits per heavy atom. The summed E-state index contributed by atoms with van der Waals surface area (Å²) in [5.41, 5.74) is -0.0385. The monoisotopic (exact) mass is 246 g/mol. The molecule has 0 radical (unpaired) electrons. The van der Waals surface area contributed by atoms with Crippen molar-refractivity contribution in [3.63, 3.8) is 0 Å². The Morgan fingerprint density at radius 1 is 1.53 bits per heavy atom. The van der Waals surface area contributed by atoms with Crippen molar-refractivity contribution in [2.45, 2.75) is 6.43 Å². The lowest BCUT2D eigenvalue weighted by atomic mass is 10.2. The maximum Gasteiger partial charge on any atom is 0.339 e. The smallest absolute Gasteiger partial charge is 0.339 e. The van der Waals surface area contributed by atoms with Gasteiger partial charge in [0.05, 0.1) is 18.8 Å². The number of aliphatic hydroxyl groups is 1. The maximum absolute atomic E-state index is 12.3. The lowest BCUT2D eigenvalue weighted by Gasteiger charge is -2.24. The van der Waals surface area contributed by atoms with Crippen molar-refractivity contribution < 1.29 is 23.8 Å². The van der Waals surface area contributed by atoms with Crippen molar-refractivity contribution in [2.24, 2.45) is 0 Å². The molecule has 0 bridgehead atoms. The Morgan fingerprint density at radius 3 is 2.76 bits per heavy atom. The molecule has 0 aromatic carbocycles. The molecule has 0 fully saturated rings. The van der Waals surface area contributed by atoms with Crippen molar-refractivity contribution in [3.8, 4) is 0 Å². The zero-order chi connectivity index (χ0) is 12.8. The van der Waals surface area contributed by atoms with Crippen LogP contribution in [0.1, 0.15) is 10.4 Å². The molecule has 1 aromatic heterocycles. The molecule has 1 heterocycles. The summed E-state index contributed by atoms with van der Waals surface area (Å²) in [6.07, 6.45) is -0.207. The number of aromatic carboxylic acids is 1. The van der Waals surface area contributed by atoms with Gasteiger partial charge < -0.3 is 15.1 Å². The predicted octanol–water partition coefficient (Wildman–Crippen LogP) is 0.844. The van der Waals surface area contributed by atoms with Crippen molar-refractivity contribution in [2.75, 3.05) is 24.6 Å². The van der Waals surface area contributed by atoms with E-state index >= 15 is 0 Å². The minimum absolute atomic E-state index is 0.0609. The molecule has 0 saturated heterocycles. The van der Waals surface area contributed by atoms with Crippen LogP contribution >= 0.6 is 0 Å². The van der Waals surface area contributed by atoms with Crippen LogP contribution in [0.15, 0.2) is 18.5 Å². The average molecular weight is 246 g/mol. The fourth-order valence-corrected chi connectivity index (χ4v) is 1.43. The van der Waals surface area contributed by atoms with Crippen molar-refractivity contribution >= 4 is 11.7 Å². The summed E-state index contributed by atoms with van der Waals surface area (Å²) in [5, 5.41) is 17.7. The van der Waals surface area contributed by atoms with E-state index in [4.69, 9.17) is 10.2 Å². The number of rotatable bonds is 6. The molecule has 0 aliphatic carbocycles. The molecule has 0 unspecified atom stereocenters. The summed E-state index contributed by atoms with van der Waals surface area (Å²) >= 11 is 0. The van der Waals surface area contributed by atoms with Gasteiger partial charge in [-0.3, -0.25) is 4.98 Å². The summed E-state index contributed by atoms with van der Waals surface area (Å²) in [6.45, 7) is -1.03. The SMILES string of the molecule is O=C(O)c1cnccc1N(CCO)CC(F)F. The van der Waals surface area contributed by atoms with Gasteiger partial charge in [-0.2, -0.15) is 0 Å². The standard InChI is InChI=1S/C10H12F2N2O3/c11-9(12)6-14(3-4-15)8-1-2-13-5-7(8)10(16)17/h1-2,5,9,15H,3-4,6H2,(H,16,17).